The Morgan fingerprint density at radius 2 is 1.95 bits per heavy atom. The van der Waals surface area contributed by atoms with Crippen molar-refractivity contribution in [2.24, 2.45) is 4.90 Å². The van der Waals surface area contributed by atoms with Gasteiger partial charge in [-0.2, -0.15) is 0 Å². The van der Waals surface area contributed by atoms with Crippen molar-refractivity contribution in [3.05, 3.63) is 65.3 Å². The van der Waals surface area contributed by atoms with E-state index in [1.54, 1.807) is 12.1 Å². The minimum absolute atomic E-state index is 0.0212. The Balaban J connectivity index is 1.62. The maximum Gasteiger partial charge on any atom is 0.223 e. The summed E-state index contributed by atoms with van der Waals surface area (Å²) in [5, 5.41) is 21.0. The number of methoxy groups -OCH3 is 1. The van der Waals surface area contributed by atoms with Crippen LogP contribution in [0.2, 0.25) is 6.82 Å². The Morgan fingerprint density at radius 3 is 2.66 bits per heavy atom. The minimum Gasteiger partial charge on any atom is -0.339 e. The molecule has 0 radical (unpaired) electrons. The van der Waals surface area contributed by atoms with Gasteiger partial charge in [-0.15, -0.1) is 0 Å². The molecule has 2 aromatic heterocycles. The smallest absolute Gasteiger partial charge is 0.223 e. The number of carbonyl (C=O) groups is 2. The number of esters is 1. The van der Waals surface area contributed by atoms with Crippen LogP contribution in [0.1, 0.15) is 15.2 Å². The molecule has 0 aliphatic rings. The number of guanidine groups is 1. The van der Waals surface area contributed by atoms with E-state index in [2.05, 4.69) is 36.1 Å². The molecule has 3 aromatic rings. The molecule has 0 aliphatic carbocycles. The first-order valence-corrected chi connectivity index (χ1v) is 12.5. The molecule has 1 aromatic carbocycles. The van der Waals surface area contributed by atoms with Crippen molar-refractivity contribution in [1.29, 1.82) is 0 Å². The van der Waals surface area contributed by atoms with Crippen molar-refractivity contribution in [3.8, 4) is 10.4 Å². The minimum atomic E-state index is -0.927. The van der Waals surface area contributed by atoms with Gasteiger partial charge in [0.1, 0.15) is 6.04 Å². The van der Waals surface area contributed by atoms with Crippen LogP contribution < -0.4 is 21.3 Å². The fourth-order valence-corrected chi connectivity index (χ4v) is 4.18. The van der Waals surface area contributed by atoms with Gasteiger partial charge in [-0.1, -0.05) is 0 Å². The molecule has 0 bridgehead atoms. The largest absolute Gasteiger partial charge is 0.339 e. The molecule has 0 saturated carbocycles. The third-order valence-electron chi connectivity index (χ3n) is 4.99. The van der Waals surface area contributed by atoms with Crippen molar-refractivity contribution in [3.63, 3.8) is 0 Å². The number of amides is 1. The third kappa shape index (κ3) is 8.78. The number of aromatic nitrogens is 2. The van der Waals surface area contributed by atoms with Crippen LogP contribution in [0.3, 0.4) is 0 Å². The molecule has 196 valence electrons. The van der Waals surface area contributed by atoms with Gasteiger partial charge in [0.15, 0.2) is 0 Å². The van der Waals surface area contributed by atoms with Crippen LogP contribution in [0.25, 0.3) is 10.4 Å². The van der Waals surface area contributed by atoms with Crippen molar-refractivity contribution < 1.29 is 24.1 Å². The van der Waals surface area contributed by atoms with Crippen molar-refractivity contribution in [2.45, 2.75) is 19.4 Å². The standard InChI is InChI=1S/C23H27B2N7O5S/c1-25(36)32-23(30-14-24-35)29-12-15-5-3-6-16(11-15)18-7-8-19(38-18)20(33)28-13-17(21(34)37-2)31-22-26-9-4-10-27-22/h3-11,17,36H,12-14H2,1-2H3,(H,28,33)(H,26,27,31)(H2,29,30,32). The van der Waals surface area contributed by atoms with Gasteiger partial charge >= 0.3 is 146 Å². The fraction of sp³-hybridized carbons (Fsp3) is 0.261. The normalized spacial score (nSPS) is 11.6. The number of hydrogen-bond donors (Lipinski definition) is 5. The average molecular weight is 535 g/mol. The van der Waals surface area contributed by atoms with E-state index < -0.39 is 19.1 Å². The fourth-order valence-electron chi connectivity index (χ4n) is 3.26. The second-order valence-electron chi connectivity index (χ2n) is 7.88. The van der Waals surface area contributed by atoms with E-state index in [0.29, 0.717) is 24.5 Å². The van der Waals surface area contributed by atoms with Crippen LogP contribution in [0.4, 0.5) is 5.95 Å². The topological polar surface area (TPSA) is 167 Å². The number of anilines is 1. The molecule has 0 aliphatic heterocycles. The molecule has 0 saturated heterocycles. The molecule has 1 atom stereocenters. The van der Waals surface area contributed by atoms with E-state index in [1.807, 2.05) is 30.3 Å². The molecule has 0 fully saturated rings. The SMILES string of the molecule is COC(=O)C(CNC(=O)c1ccc(-c2cccc(CNC(=NB(C)O)NCB=O)c2)s1)Nc1ncccn1. The van der Waals surface area contributed by atoms with Gasteiger partial charge in [-0.25, -0.2) is 14.8 Å². The van der Waals surface area contributed by atoms with Gasteiger partial charge < -0.3 is 15.4 Å². The second kappa shape index (κ2) is 14.6. The maximum atomic E-state index is 12.8. The van der Waals surface area contributed by atoms with Crippen molar-refractivity contribution in [1.82, 2.24) is 25.9 Å². The number of ether oxygens (including phenoxy) is 1. The number of thiophene rings is 1. The van der Waals surface area contributed by atoms with Crippen LogP contribution in [0, 0.1) is 0 Å². The maximum absolute atomic E-state index is 12.8. The number of benzene rings is 1. The Hall–Kier alpha value is -4.10. The third-order valence-corrected chi connectivity index (χ3v) is 6.12. The average Bonchev–Trinajstić information content (AvgIpc) is 3.43. The second-order valence-corrected chi connectivity index (χ2v) is 8.96. The molecule has 5 N–H and O–H groups in total. The molecule has 0 spiro atoms. The van der Waals surface area contributed by atoms with Gasteiger partial charge in [-0.3, -0.25) is 4.79 Å². The van der Waals surface area contributed by atoms with E-state index in [4.69, 9.17) is 4.74 Å². The molecule has 38 heavy (non-hydrogen) atoms. The molecule has 15 heteroatoms. The van der Waals surface area contributed by atoms with E-state index in [0.717, 1.165) is 16.0 Å². The number of rotatable bonds is 12. The van der Waals surface area contributed by atoms with Crippen LogP contribution in [-0.2, 0) is 20.8 Å². The van der Waals surface area contributed by atoms with Crippen molar-refractivity contribution in [2.75, 3.05) is 25.4 Å². The number of hydrogen-bond acceptors (Lipinski definition) is 10. The predicted molar refractivity (Wildman–Crippen MR) is 146 cm³/mol. The summed E-state index contributed by atoms with van der Waals surface area (Å²) in [4.78, 5) is 38.4. The van der Waals surface area contributed by atoms with Gasteiger partial charge in [0.2, 0.25) is 5.95 Å². The van der Waals surface area contributed by atoms with Gasteiger partial charge in [0.25, 0.3) is 0 Å². The van der Waals surface area contributed by atoms with Crippen LogP contribution in [-0.4, -0.2) is 73.2 Å². The van der Waals surface area contributed by atoms with Crippen LogP contribution in [0.15, 0.2) is 59.8 Å². The molecule has 2 heterocycles. The summed E-state index contributed by atoms with van der Waals surface area (Å²) in [6.07, 6.45) is 3.13. The van der Waals surface area contributed by atoms with Gasteiger partial charge in [-0.05, 0) is 6.07 Å². The molecular weight excluding hydrogens is 508 g/mol. The summed E-state index contributed by atoms with van der Waals surface area (Å²) < 4.78 is 15.5. The van der Waals surface area contributed by atoms with Gasteiger partial charge in [0.05, 0.1) is 7.11 Å². The number of nitrogens with one attached hydrogen (secondary N) is 4. The summed E-state index contributed by atoms with van der Waals surface area (Å²) in [5.41, 5.74) is 1.85. The number of nitrogens with zero attached hydrogens (tertiary/aromatic N) is 3. The molecular formula is C23H27B2N7O5S. The van der Waals surface area contributed by atoms with Crippen LogP contribution in [0.5, 0.6) is 0 Å². The first-order chi connectivity index (χ1) is 18.4. The quantitative estimate of drug-likeness (QED) is 0.0967. The Labute approximate surface area is 224 Å². The first-order valence-electron chi connectivity index (χ1n) is 11.7. The number of carbonyl (C=O) groups excluding carboxylic acids is 2. The zero-order valence-corrected chi connectivity index (χ0v) is 21.7. The van der Waals surface area contributed by atoms with Gasteiger partial charge in [0, 0.05) is 18.9 Å². The zero-order chi connectivity index (χ0) is 27.3. The molecule has 3 rings (SSSR count). The Kier molecular flexibility index (Phi) is 10.9. The summed E-state index contributed by atoms with van der Waals surface area (Å²) in [7, 11) is 1.04. The van der Waals surface area contributed by atoms with E-state index in [-0.39, 0.29) is 24.8 Å². The molecule has 1 unspecified atom stereocenters. The monoisotopic (exact) mass is 535 g/mol. The van der Waals surface area contributed by atoms with E-state index in [9.17, 15) is 19.3 Å². The predicted octanol–water partition coefficient (Wildman–Crippen LogP) is 0.741. The van der Waals surface area contributed by atoms with Crippen LogP contribution >= 0.6 is 11.3 Å². The Morgan fingerprint density at radius 1 is 1.16 bits per heavy atom. The summed E-state index contributed by atoms with van der Waals surface area (Å²) in [5.74, 6) is -0.332. The first kappa shape index (κ1) is 28.5. The Bertz CT molecular complexity index is 1260. The summed E-state index contributed by atoms with van der Waals surface area (Å²) >= 11 is 1.31. The summed E-state index contributed by atoms with van der Waals surface area (Å²) in [6, 6.07) is 12.1. The zero-order valence-electron chi connectivity index (χ0n) is 20.9. The summed E-state index contributed by atoms with van der Waals surface area (Å²) in [6.45, 7) is 1.89. The molecule has 12 nitrogen and oxygen atoms in total. The van der Waals surface area contributed by atoms with E-state index in [1.165, 1.54) is 37.7 Å². The molecule has 1 amide bonds. The van der Waals surface area contributed by atoms with Crippen molar-refractivity contribution >= 4 is 49.3 Å². The van der Waals surface area contributed by atoms with E-state index >= 15 is 0 Å².